The van der Waals surface area contributed by atoms with Gasteiger partial charge >= 0.3 is 0 Å². The van der Waals surface area contributed by atoms with E-state index in [1.54, 1.807) is 6.08 Å². The molecule has 0 amide bonds. The summed E-state index contributed by atoms with van der Waals surface area (Å²) in [7, 11) is 0. The van der Waals surface area contributed by atoms with Crippen molar-refractivity contribution in [3.63, 3.8) is 0 Å². The molecule has 0 aliphatic heterocycles. The lowest BCUT2D eigenvalue weighted by atomic mass is 9.41. The minimum atomic E-state index is -1.32. The van der Waals surface area contributed by atoms with Crippen LogP contribution in [0.4, 0.5) is 8.78 Å². The number of halogens is 2. The van der Waals surface area contributed by atoms with Crippen molar-refractivity contribution in [1.29, 1.82) is 0 Å². The molecule has 0 radical (unpaired) electrons. The maximum absolute atomic E-state index is 15.8. The summed E-state index contributed by atoms with van der Waals surface area (Å²) in [5, 5.41) is 23.5. The third-order valence-corrected chi connectivity index (χ3v) is 11.1. The normalized spacial score (nSPS) is 43.3. The van der Waals surface area contributed by atoms with Gasteiger partial charge in [0.15, 0.2) is 10.9 Å². The number of hydroxylamine groups is 2. The fourth-order valence-corrected chi connectivity index (χ4v) is 9.28. The average Bonchev–Trinajstić information content (AvgIpc) is 2.99. The van der Waals surface area contributed by atoms with Crippen molar-refractivity contribution in [2.75, 3.05) is 19.1 Å². The summed E-state index contributed by atoms with van der Waals surface area (Å²) >= 11 is 0.660. The number of hydrogen-bond donors (Lipinski definition) is 2. The van der Waals surface area contributed by atoms with E-state index in [2.05, 4.69) is 27.7 Å². The van der Waals surface area contributed by atoms with Crippen LogP contribution in [0, 0.1) is 45.3 Å². The van der Waals surface area contributed by atoms with Crippen molar-refractivity contribution >= 4 is 22.7 Å². The number of ketones is 1. The molecule has 4 aliphatic rings. The van der Waals surface area contributed by atoms with E-state index in [1.165, 1.54) is 17.2 Å². The molecule has 0 saturated heterocycles. The van der Waals surface area contributed by atoms with Gasteiger partial charge < -0.3 is 10.3 Å². The molecule has 2 N–H and O–H groups in total. The van der Waals surface area contributed by atoms with Gasteiger partial charge in [0.1, 0.15) is 12.2 Å². The van der Waals surface area contributed by atoms with Gasteiger partial charge in [-0.1, -0.05) is 59.4 Å². The molecule has 3 saturated carbocycles. The van der Waals surface area contributed by atoms with Crippen molar-refractivity contribution in [2.45, 2.75) is 79.5 Å². The Morgan fingerprint density at radius 3 is 2.51 bits per heavy atom. The molecule has 0 aromatic rings. The lowest BCUT2D eigenvalue weighted by Gasteiger charge is -2.63. The van der Waals surface area contributed by atoms with E-state index in [9.17, 15) is 24.3 Å². The largest absolute Gasteiger partial charge is 0.393 e. The Balaban J connectivity index is 1.72. The smallest absolute Gasteiger partial charge is 0.195 e. The minimum absolute atomic E-state index is 0.0348. The summed E-state index contributed by atoms with van der Waals surface area (Å²) in [6.07, 6.45) is 4.36. The second-order valence-corrected chi connectivity index (χ2v) is 14.7. The van der Waals surface area contributed by atoms with Crippen LogP contribution in [0.1, 0.15) is 67.2 Å². The Bertz CT molecular complexity index is 995. The Labute approximate surface area is 224 Å². The molecular formula is C29H43F2NO4S. The number of carbonyl (C=O) groups excluding carboxylic acids is 2. The molecule has 0 heterocycles. The Morgan fingerprint density at radius 1 is 1.22 bits per heavy atom. The third kappa shape index (κ3) is 4.78. The Kier molecular flexibility index (Phi) is 7.68. The van der Waals surface area contributed by atoms with E-state index >= 15 is 4.39 Å². The monoisotopic (exact) mass is 539 g/mol. The molecule has 4 aliphatic carbocycles. The first-order valence-corrected chi connectivity index (χ1v) is 14.5. The first-order chi connectivity index (χ1) is 17.1. The standard InChI is InChI=1S/C29H43F2NO4S/c1-26(2,3)9-10-32(36)15-17-13-28(5)20-12-21(31)19-11-18(33)7-8-27(19,4)24(20)22(34)14-29(28,6)23(17)25(35)37-16-30/h7-8,11,17,20-24,34,36H,9-10,12-16H2,1-6H3. The van der Waals surface area contributed by atoms with Crippen molar-refractivity contribution < 1.29 is 28.7 Å². The van der Waals surface area contributed by atoms with Crippen molar-refractivity contribution in [3.05, 3.63) is 23.8 Å². The summed E-state index contributed by atoms with van der Waals surface area (Å²) in [5.74, 6) is -1.59. The molecule has 5 nitrogen and oxygen atoms in total. The van der Waals surface area contributed by atoms with E-state index < -0.39 is 40.4 Å². The zero-order valence-corrected chi connectivity index (χ0v) is 23.8. The molecule has 208 valence electrons. The zero-order valence-electron chi connectivity index (χ0n) is 23.0. The van der Waals surface area contributed by atoms with Crippen molar-refractivity contribution in [3.8, 4) is 0 Å². The number of nitrogens with zero attached hydrogens (tertiary/aromatic N) is 1. The lowest BCUT2D eigenvalue weighted by molar-refractivity contribution is -0.169. The van der Waals surface area contributed by atoms with E-state index in [4.69, 9.17) is 0 Å². The fraction of sp³-hybridized carbons (Fsp3) is 0.793. The molecule has 9 unspecified atom stereocenters. The quantitative estimate of drug-likeness (QED) is 0.418. The Morgan fingerprint density at radius 2 is 1.89 bits per heavy atom. The van der Waals surface area contributed by atoms with Crippen LogP contribution in [-0.4, -0.2) is 57.6 Å². The van der Waals surface area contributed by atoms with Crippen LogP contribution >= 0.6 is 11.8 Å². The average molecular weight is 540 g/mol. The van der Waals surface area contributed by atoms with Gasteiger partial charge in [0, 0.05) is 30.3 Å². The Hall–Kier alpha value is -1.09. The van der Waals surface area contributed by atoms with Gasteiger partial charge in [-0.15, -0.1) is 0 Å². The first-order valence-electron chi connectivity index (χ1n) is 13.5. The highest BCUT2D eigenvalue weighted by Crippen LogP contribution is 2.73. The van der Waals surface area contributed by atoms with Crippen LogP contribution in [0.25, 0.3) is 0 Å². The number of allylic oxidation sites excluding steroid dienone is 4. The van der Waals surface area contributed by atoms with E-state index in [0.717, 1.165) is 6.42 Å². The van der Waals surface area contributed by atoms with E-state index in [1.807, 2.05) is 13.8 Å². The van der Waals surface area contributed by atoms with Gasteiger partial charge in [-0.05, 0) is 71.5 Å². The summed E-state index contributed by atoms with van der Waals surface area (Å²) in [5.41, 5.74) is -1.52. The van der Waals surface area contributed by atoms with E-state index in [0.29, 0.717) is 36.7 Å². The number of hydrogen-bond acceptors (Lipinski definition) is 6. The number of thioether (sulfide) groups is 1. The van der Waals surface area contributed by atoms with Crippen LogP contribution < -0.4 is 0 Å². The molecule has 0 spiro atoms. The molecule has 0 bridgehead atoms. The minimum Gasteiger partial charge on any atom is -0.393 e. The van der Waals surface area contributed by atoms with Crippen LogP contribution in [0.5, 0.6) is 0 Å². The van der Waals surface area contributed by atoms with Gasteiger partial charge in [0.25, 0.3) is 0 Å². The lowest BCUT2D eigenvalue weighted by Crippen LogP contribution is -2.62. The van der Waals surface area contributed by atoms with Crippen molar-refractivity contribution in [2.24, 2.45) is 45.3 Å². The number of rotatable bonds is 6. The molecule has 0 aromatic carbocycles. The van der Waals surface area contributed by atoms with Gasteiger partial charge in [-0.25, -0.2) is 8.78 Å². The van der Waals surface area contributed by atoms with Crippen LogP contribution in [-0.2, 0) is 9.59 Å². The highest BCUT2D eigenvalue weighted by atomic mass is 32.2. The molecular weight excluding hydrogens is 496 g/mol. The highest BCUT2D eigenvalue weighted by molar-refractivity contribution is 8.13. The third-order valence-electron chi connectivity index (χ3n) is 10.5. The molecule has 4 rings (SSSR count). The number of carbonyl (C=O) groups is 2. The second-order valence-electron chi connectivity index (χ2n) is 13.8. The van der Waals surface area contributed by atoms with Gasteiger partial charge in [0.2, 0.25) is 0 Å². The number of aliphatic hydroxyl groups is 1. The van der Waals surface area contributed by atoms with E-state index in [-0.39, 0.29) is 47.0 Å². The second kappa shape index (κ2) is 9.83. The molecule has 0 aromatic heterocycles. The fourth-order valence-electron chi connectivity index (χ4n) is 8.54. The molecule has 3 fully saturated rings. The maximum atomic E-state index is 15.8. The predicted molar refractivity (Wildman–Crippen MR) is 141 cm³/mol. The SMILES string of the molecule is CC(C)(C)CCN(O)CC1CC2(C)C3CC(F)C4=CC(=O)C=CC4(C)C3C(O)CC2(C)C1C(=O)SCF. The highest BCUT2D eigenvalue weighted by Gasteiger charge is 2.71. The molecule has 9 atom stereocenters. The summed E-state index contributed by atoms with van der Waals surface area (Å²) in [6, 6.07) is -0.825. The summed E-state index contributed by atoms with van der Waals surface area (Å²) < 4.78 is 29.2. The predicted octanol–water partition coefficient (Wildman–Crippen LogP) is 5.76. The summed E-state index contributed by atoms with van der Waals surface area (Å²) in [6.45, 7) is 13.1. The topological polar surface area (TPSA) is 77.8 Å². The van der Waals surface area contributed by atoms with Gasteiger partial charge in [-0.2, -0.15) is 5.06 Å². The zero-order chi connectivity index (χ0) is 27.6. The van der Waals surface area contributed by atoms with Crippen LogP contribution in [0.15, 0.2) is 23.8 Å². The molecule has 8 heteroatoms. The van der Waals surface area contributed by atoms with Crippen LogP contribution in [0.2, 0.25) is 0 Å². The summed E-state index contributed by atoms with van der Waals surface area (Å²) in [4.78, 5) is 25.5. The maximum Gasteiger partial charge on any atom is 0.195 e. The number of alkyl halides is 2. The van der Waals surface area contributed by atoms with Crippen LogP contribution in [0.3, 0.4) is 0 Å². The van der Waals surface area contributed by atoms with Crippen molar-refractivity contribution in [1.82, 2.24) is 5.06 Å². The molecule has 37 heavy (non-hydrogen) atoms. The first kappa shape index (κ1) is 28.9. The number of fused-ring (bicyclic) bond motifs is 5. The van der Waals surface area contributed by atoms with Gasteiger partial charge in [-0.3, -0.25) is 9.59 Å². The number of aliphatic hydroxyl groups excluding tert-OH is 1. The van der Waals surface area contributed by atoms with Gasteiger partial charge in [0.05, 0.1) is 6.10 Å².